The van der Waals surface area contributed by atoms with Gasteiger partial charge in [0.15, 0.2) is 0 Å². The van der Waals surface area contributed by atoms with Gasteiger partial charge >= 0.3 is 0 Å². The van der Waals surface area contributed by atoms with Crippen molar-refractivity contribution in [3.05, 3.63) is 53.6 Å². The Bertz CT molecular complexity index is 786. The third kappa shape index (κ3) is 3.56. The van der Waals surface area contributed by atoms with Crippen LogP contribution in [0, 0.1) is 19.8 Å². The van der Waals surface area contributed by atoms with E-state index in [9.17, 15) is 9.59 Å². The number of carbonyl (C=O) groups excluding carboxylic acids is 2. The van der Waals surface area contributed by atoms with E-state index < -0.39 is 5.92 Å². The molecule has 2 aromatic rings. The Labute approximate surface area is 141 Å². The molecule has 0 fully saturated rings. The number of nitrogens with one attached hydrogen (secondary N) is 3. The predicted octanol–water partition coefficient (Wildman–Crippen LogP) is 3.31. The average molecular weight is 323 g/mol. The van der Waals surface area contributed by atoms with Crippen LogP contribution >= 0.6 is 0 Å². The molecule has 2 aromatic carbocycles. The van der Waals surface area contributed by atoms with Gasteiger partial charge in [-0.25, -0.2) is 0 Å². The minimum atomic E-state index is -0.414. The minimum Gasteiger partial charge on any atom is -0.383 e. The van der Waals surface area contributed by atoms with Crippen molar-refractivity contribution in [2.24, 2.45) is 5.92 Å². The second-order valence-corrected chi connectivity index (χ2v) is 6.18. The molecular weight excluding hydrogens is 302 g/mol. The molecule has 1 aliphatic heterocycles. The fraction of sp³-hybridized carbons (Fsp3) is 0.263. The SMILES string of the molecule is Cc1ccc(NC(=O)C[C@H]2CNc3ccccc3NC2=O)c(C)c1. The van der Waals surface area contributed by atoms with Gasteiger partial charge < -0.3 is 16.0 Å². The van der Waals surface area contributed by atoms with E-state index in [1.807, 2.05) is 56.3 Å². The molecule has 5 heteroatoms. The second kappa shape index (κ2) is 6.74. The van der Waals surface area contributed by atoms with Gasteiger partial charge in [-0.1, -0.05) is 29.8 Å². The lowest BCUT2D eigenvalue weighted by Crippen LogP contribution is -2.30. The van der Waals surface area contributed by atoms with Crippen molar-refractivity contribution in [2.75, 3.05) is 22.5 Å². The molecule has 0 bridgehead atoms. The van der Waals surface area contributed by atoms with E-state index in [4.69, 9.17) is 0 Å². The second-order valence-electron chi connectivity index (χ2n) is 6.18. The lowest BCUT2D eigenvalue weighted by Gasteiger charge is -2.14. The summed E-state index contributed by atoms with van der Waals surface area (Å²) in [7, 11) is 0. The molecule has 1 atom stereocenters. The van der Waals surface area contributed by atoms with Crippen molar-refractivity contribution < 1.29 is 9.59 Å². The molecule has 1 aliphatic rings. The summed E-state index contributed by atoms with van der Waals surface area (Å²) in [6.45, 7) is 4.40. The van der Waals surface area contributed by atoms with Crippen molar-refractivity contribution in [3.63, 3.8) is 0 Å². The maximum atomic E-state index is 12.3. The number of aryl methyl sites for hydroxylation is 2. The zero-order valence-corrected chi connectivity index (χ0v) is 13.8. The number of rotatable bonds is 3. The summed E-state index contributed by atoms with van der Waals surface area (Å²) in [6.07, 6.45) is 0.139. The zero-order valence-electron chi connectivity index (χ0n) is 13.8. The maximum Gasteiger partial charge on any atom is 0.229 e. The van der Waals surface area contributed by atoms with Gasteiger partial charge in [0.05, 0.1) is 17.3 Å². The Hall–Kier alpha value is -2.82. The first-order chi connectivity index (χ1) is 11.5. The van der Waals surface area contributed by atoms with Crippen LogP contribution in [0.4, 0.5) is 17.1 Å². The molecule has 0 radical (unpaired) electrons. The van der Waals surface area contributed by atoms with Crippen LogP contribution < -0.4 is 16.0 Å². The maximum absolute atomic E-state index is 12.3. The van der Waals surface area contributed by atoms with Crippen molar-refractivity contribution in [1.82, 2.24) is 0 Å². The Morgan fingerprint density at radius 1 is 1.17 bits per heavy atom. The molecule has 0 aromatic heterocycles. The van der Waals surface area contributed by atoms with E-state index in [0.717, 1.165) is 28.2 Å². The number of amides is 2. The summed E-state index contributed by atoms with van der Waals surface area (Å²) in [6, 6.07) is 13.4. The number of para-hydroxylation sites is 2. The van der Waals surface area contributed by atoms with Crippen LogP contribution in [0.25, 0.3) is 0 Å². The van der Waals surface area contributed by atoms with E-state index >= 15 is 0 Å². The number of benzene rings is 2. The Kier molecular flexibility index (Phi) is 4.51. The summed E-state index contributed by atoms with van der Waals surface area (Å²) in [5, 5.41) is 9.01. The van der Waals surface area contributed by atoms with Gasteiger partial charge in [-0.05, 0) is 37.6 Å². The van der Waals surface area contributed by atoms with E-state index in [2.05, 4.69) is 16.0 Å². The molecular formula is C19H21N3O2. The van der Waals surface area contributed by atoms with Gasteiger partial charge in [-0.2, -0.15) is 0 Å². The molecule has 1 heterocycles. The molecule has 0 saturated heterocycles. The van der Waals surface area contributed by atoms with Crippen LogP contribution in [0.15, 0.2) is 42.5 Å². The van der Waals surface area contributed by atoms with E-state index in [-0.39, 0.29) is 18.2 Å². The number of hydrogen-bond donors (Lipinski definition) is 3. The lowest BCUT2D eigenvalue weighted by atomic mass is 10.0. The van der Waals surface area contributed by atoms with Crippen LogP contribution in [0.3, 0.4) is 0 Å². The summed E-state index contributed by atoms with van der Waals surface area (Å²) >= 11 is 0. The van der Waals surface area contributed by atoms with Crippen LogP contribution in [0.1, 0.15) is 17.5 Å². The minimum absolute atomic E-state index is 0.136. The smallest absolute Gasteiger partial charge is 0.229 e. The zero-order chi connectivity index (χ0) is 17.1. The highest BCUT2D eigenvalue weighted by Crippen LogP contribution is 2.26. The summed E-state index contributed by atoms with van der Waals surface area (Å²) in [5.74, 6) is -0.707. The van der Waals surface area contributed by atoms with Crippen molar-refractivity contribution in [3.8, 4) is 0 Å². The topological polar surface area (TPSA) is 70.2 Å². The fourth-order valence-electron chi connectivity index (χ4n) is 2.85. The monoisotopic (exact) mass is 323 g/mol. The van der Waals surface area contributed by atoms with E-state index in [0.29, 0.717) is 6.54 Å². The quantitative estimate of drug-likeness (QED) is 0.811. The first kappa shape index (κ1) is 16.1. The van der Waals surface area contributed by atoms with Gasteiger partial charge in [0.25, 0.3) is 0 Å². The van der Waals surface area contributed by atoms with Gasteiger partial charge in [0, 0.05) is 18.7 Å². The molecule has 3 N–H and O–H groups in total. The molecule has 24 heavy (non-hydrogen) atoms. The average Bonchev–Trinajstić information content (AvgIpc) is 2.70. The molecule has 0 unspecified atom stereocenters. The molecule has 124 valence electrons. The van der Waals surface area contributed by atoms with E-state index in [1.54, 1.807) is 0 Å². The lowest BCUT2D eigenvalue weighted by molar-refractivity contribution is -0.124. The largest absolute Gasteiger partial charge is 0.383 e. The van der Waals surface area contributed by atoms with Crippen LogP contribution in [-0.4, -0.2) is 18.4 Å². The number of anilines is 3. The van der Waals surface area contributed by atoms with Gasteiger partial charge in [-0.15, -0.1) is 0 Å². The molecule has 5 nitrogen and oxygen atoms in total. The predicted molar refractivity (Wildman–Crippen MR) is 96.2 cm³/mol. The Morgan fingerprint density at radius 3 is 2.67 bits per heavy atom. The van der Waals surface area contributed by atoms with E-state index in [1.165, 1.54) is 0 Å². The van der Waals surface area contributed by atoms with Gasteiger partial charge in [0.2, 0.25) is 11.8 Å². The molecule has 2 amide bonds. The normalized spacial score (nSPS) is 16.4. The standard InChI is InChI=1S/C19H21N3O2/c1-12-7-8-15(13(2)9-12)21-18(23)10-14-11-20-16-5-3-4-6-17(16)22-19(14)24/h3-9,14,20H,10-11H2,1-2H3,(H,21,23)(H,22,24)/t14-/m0/s1. The van der Waals surface area contributed by atoms with Crippen LogP contribution in [0.2, 0.25) is 0 Å². The summed E-state index contributed by atoms with van der Waals surface area (Å²) in [4.78, 5) is 24.7. The van der Waals surface area contributed by atoms with Crippen molar-refractivity contribution >= 4 is 28.9 Å². The van der Waals surface area contributed by atoms with Crippen LogP contribution in [0.5, 0.6) is 0 Å². The fourth-order valence-corrected chi connectivity index (χ4v) is 2.85. The van der Waals surface area contributed by atoms with Crippen LogP contribution in [-0.2, 0) is 9.59 Å². The molecule has 3 rings (SSSR count). The number of hydrogen-bond acceptors (Lipinski definition) is 3. The third-order valence-electron chi connectivity index (χ3n) is 4.18. The van der Waals surface area contributed by atoms with Crippen molar-refractivity contribution in [2.45, 2.75) is 20.3 Å². The summed E-state index contributed by atoms with van der Waals surface area (Å²) in [5.41, 5.74) is 4.58. The number of fused-ring (bicyclic) bond motifs is 1. The highest BCUT2D eigenvalue weighted by Gasteiger charge is 2.25. The first-order valence-corrected chi connectivity index (χ1v) is 8.04. The summed E-state index contributed by atoms with van der Waals surface area (Å²) < 4.78 is 0. The Morgan fingerprint density at radius 2 is 1.92 bits per heavy atom. The highest BCUT2D eigenvalue weighted by molar-refractivity contribution is 6.01. The first-order valence-electron chi connectivity index (χ1n) is 8.04. The Balaban J connectivity index is 1.65. The van der Waals surface area contributed by atoms with Gasteiger partial charge in [-0.3, -0.25) is 9.59 Å². The molecule has 0 spiro atoms. The molecule has 0 saturated carbocycles. The highest BCUT2D eigenvalue weighted by atomic mass is 16.2. The van der Waals surface area contributed by atoms with Crippen molar-refractivity contribution in [1.29, 1.82) is 0 Å². The number of carbonyl (C=O) groups is 2. The van der Waals surface area contributed by atoms with Gasteiger partial charge in [0.1, 0.15) is 0 Å². The molecule has 0 aliphatic carbocycles. The third-order valence-corrected chi connectivity index (χ3v) is 4.18.